The number of nitrogens with zero attached hydrogens (tertiary/aromatic N) is 3. The van der Waals surface area contributed by atoms with Gasteiger partial charge in [-0.3, -0.25) is 0 Å². The van der Waals surface area contributed by atoms with E-state index in [2.05, 4.69) is 10.3 Å². The molecule has 0 amide bonds. The van der Waals surface area contributed by atoms with Gasteiger partial charge in [0.1, 0.15) is 22.8 Å². The van der Waals surface area contributed by atoms with Gasteiger partial charge in [-0.1, -0.05) is 23.4 Å². The molecule has 2 heterocycles. The van der Waals surface area contributed by atoms with Gasteiger partial charge in [-0.25, -0.2) is 17.9 Å². The summed E-state index contributed by atoms with van der Waals surface area (Å²) in [4.78, 5) is 0. The van der Waals surface area contributed by atoms with Crippen molar-refractivity contribution in [2.45, 2.75) is 0 Å². The highest BCUT2D eigenvalue weighted by Gasteiger charge is 2.16. The largest absolute Gasteiger partial charge is 0.355 e. The molecule has 0 aliphatic heterocycles. The molecule has 5 aromatic rings. The molecule has 2 aromatic heterocycles. The van der Waals surface area contributed by atoms with E-state index in [9.17, 15) is 13.2 Å². The molecule has 0 spiro atoms. The lowest BCUT2D eigenvalue weighted by molar-refractivity contribution is 0.440. The maximum absolute atomic E-state index is 14.3. The van der Waals surface area contributed by atoms with E-state index >= 15 is 0 Å². The Kier molecular flexibility index (Phi) is 3.94. The van der Waals surface area contributed by atoms with Crippen molar-refractivity contribution in [2.75, 3.05) is 0 Å². The Balaban J connectivity index is 1.66. The highest BCUT2D eigenvalue weighted by atomic mass is 19.1. The number of aromatic nitrogens is 3. The number of fused-ring (bicyclic) bond motifs is 1. The Hall–Kier alpha value is -3.87. The van der Waals surface area contributed by atoms with Crippen molar-refractivity contribution in [3.05, 3.63) is 90.4 Å². The Bertz CT molecular complexity index is 1360. The number of halogens is 3. The molecule has 7 heteroatoms. The Labute approximate surface area is 162 Å². The molecular weight excluding hydrogens is 379 g/mol. The van der Waals surface area contributed by atoms with Gasteiger partial charge >= 0.3 is 0 Å². The fraction of sp³-hybridized carbons (Fsp3) is 0. The quantitative estimate of drug-likeness (QED) is 0.392. The average molecular weight is 391 g/mol. The molecule has 0 N–H and O–H groups in total. The van der Waals surface area contributed by atoms with Crippen molar-refractivity contribution in [3.8, 4) is 28.3 Å². The van der Waals surface area contributed by atoms with Gasteiger partial charge in [0, 0.05) is 17.2 Å². The SMILES string of the molecule is Fc1cccc(-c2onc3ccc(-c4ccnn4-c4ccc(F)cc4F)cc23)c1. The molecule has 0 aliphatic rings. The molecule has 142 valence electrons. The van der Waals surface area contributed by atoms with Crippen molar-refractivity contribution < 1.29 is 17.7 Å². The second-order valence-electron chi connectivity index (χ2n) is 6.48. The summed E-state index contributed by atoms with van der Waals surface area (Å²) in [6, 6.07) is 16.5. The van der Waals surface area contributed by atoms with Crippen LogP contribution < -0.4 is 0 Å². The van der Waals surface area contributed by atoms with Gasteiger partial charge in [0.25, 0.3) is 0 Å². The molecule has 0 atom stereocenters. The molecule has 4 nitrogen and oxygen atoms in total. The van der Waals surface area contributed by atoms with E-state index in [4.69, 9.17) is 4.52 Å². The number of rotatable bonds is 3. The maximum Gasteiger partial charge on any atom is 0.174 e. The molecule has 5 rings (SSSR count). The van der Waals surface area contributed by atoms with E-state index in [1.165, 1.54) is 35.1 Å². The van der Waals surface area contributed by atoms with Crippen LogP contribution in [0.15, 0.2) is 77.4 Å². The third-order valence-corrected chi connectivity index (χ3v) is 4.64. The molecule has 0 fully saturated rings. The number of benzene rings is 3. The first-order chi connectivity index (χ1) is 14.1. The second kappa shape index (κ2) is 6.63. The lowest BCUT2D eigenvalue weighted by atomic mass is 10.0. The van der Waals surface area contributed by atoms with E-state index < -0.39 is 11.6 Å². The Morgan fingerprint density at radius 3 is 2.48 bits per heavy atom. The van der Waals surface area contributed by atoms with Crippen LogP contribution in [0, 0.1) is 17.5 Å². The van der Waals surface area contributed by atoms with Gasteiger partial charge in [0.15, 0.2) is 11.6 Å². The molecular formula is C22H12F3N3O. The molecule has 0 unspecified atom stereocenters. The summed E-state index contributed by atoms with van der Waals surface area (Å²) >= 11 is 0. The van der Waals surface area contributed by atoms with Crippen molar-refractivity contribution in [1.82, 2.24) is 14.9 Å². The minimum atomic E-state index is -0.721. The topological polar surface area (TPSA) is 43.9 Å². The fourth-order valence-corrected chi connectivity index (χ4v) is 3.31. The first kappa shape index (κ1) is 17.2. The predicted molar refractivity (Wildman–Crippen MR) is 102 cm³/mol. The summed E-state index contributed by atoms with van der Waals surface area (Å²) < 4.78 is 48.0. The van der Waals surface area contributed by atoms with Gasteiger partial charge in [0.2, 0.25) is 0 Å². The van der Waals surface area contributed by atoms with Crippen LogP contribution in [0.2, 0.25) is 0 Å². The number of hydrogen-bond acceptors (Lipinski definition) is 3. The second-order valence-corrected chi connectivity index (χ2v) is 6.48. The molecule has 0 saturated carbocycles. The third kappa shape index (κ3) is 2.97. The zero-order chi connectivity index (χ0) is 20.0. The van der Waals surface area contributed by atoms with Crippen LogP contribution in [0.3, 0.4) is 0 Å². The Morgan fingerprint density at radius 2 is 1.66 bits per heavy atom. The van der Waals surface area contributed by atoms with Crippen LogP contribution in [0.1, 0.15) is 0 Å². The predicted octanol–water partition coefficient (Wildman–Crippen LogP) is 5.76. The molecule has 0 aliphatic carbocycles. The van der Waals surface area contributed by atoms with Crippen LogP contribution in [-0.2, 0) is 0 Å². The van der Waals surface area contributed by atoms with E-state index in [0.29, 0.717) is 27.9 Å². The molecule has 0 saturated heterocycles. The van der Waals surface area contributed by atoms with Gasteiger partial charge < -0.3 is 4.52 Å². The molecule has 0 bridgehead atoms. The van der Waals surface area contributed by atoms with Gasteiger partial charge in [-0.05, 0) is 42.5 Å². The van der Waals surface area contributed by atoms with Crippen molar-refractivity contribution >= 4 is 10.9 Å². The van der Waals surface area contributed by atoms with Gasteiger partial charge in [-0.2, -0.15) is 5.10 Å². The van der Waals surface area contributed by atoms with Crippen LogP contribution in [0.4, 0.5) is 13.2 Å². The summed E-state index contributed by atoms with van der Waals surface area (Å²) in [6.07, 6.45) is 1.53. The Morgan fingerprint density at radius 1 is 0.793 bits per heavy atom. The standard InChI is InChI=1S/C22H12F3N3O/c23-15-3-1-2-14(10-15)22-17-11-13(4-6-19(17)27-29-22)20-8-9-26-28(20)21-7-5-16(24)12-18(21)25/h1-12H. The monoisotopic (exact) mass is 391 g/mol. The van der Waals surface area contributed by atoms with Crippen LogP contribution in [-0.4, -0.2) is 14.9 Å². The van der Waals surface area contributed by atoms with Crippen LogP contribution >= 0.6 is 0 Å². The smallest absolute Gasteiger partial charge is 0.174 e. The minimum absolute atomic E-state index is 0.127. The zero-order valence-electron chi connectivity index (χ0n) is 14.8. The van der Waals surface area contributed by atoms with Crippen molar-refractivity contribution in [2.24, 2.45) is 0 Å². The van der Waals surface area contributed by atoms with Crippen molar-refractivity contribution in [3.63, 3.8) is 0 Å². The average Bonchev–Trinajstić information content (AvgIpc) is 3.34. The first-order valence-corrected chi connectivity index (χ1v) is 8.75. The van der Waals surface area contributed by atoms with Crippen LogP contribution in [0.5, 0.6) is 0 Å². The van der Waals surface area contributed by atoms with E-state index in [1.807, 2.05) is 6.07 Å². The molecule has 0 radical (unpaired) electrons. The van der Waals surface area contributed by atoms with E-state index in [1.54, 1.807) is 30.3 Å². The van der Waals surface area contributed by atoms with Gasteiger partial charge in [-0.15, -0.1) is 0 Å². The summed E-state index contributed by atoms with van der Waals surface area (Å²) in [7, 11) is 0. The highest BCUT2D eigenvalue weighted by molar-refractivity contribution is 5.94. The molecule has 3 aromatic carbocycles. The zero-order valence-corrected chi connectivity index (χ0v) is 14.8. The number of hydrogen-bond donors (Lipinski definition) is 0. The van der Waals surface area contributed by atoms with Crippen LogP contribution in [0.25, 0.3) is 39.2 Å². The summed E-state index contributed by atoms with van der Waals surface area (Å²) in [5.41, 5.74) is 2.61. The van der Waals surface area contributed by atoms with Crippen molar-refractivity contribution in [1.29, 1.82) is 0 Å². The minimum Gasteiger partial charge on any atom is -0.355 e. The summed E-state index contributed by atoms with van der Waals surface area (Å²) in [5.74, 6) is -1.33. The lowest BCUT2D eigenvalue weighted by Gasteiger charge is -2.09. The van der Waals surface area contributed by atoms with Gasteiger partial charge in [0.05, 0.1) is 17.3 Å². The molecule has 29 heavy (non-hydrogen) atoms. The highest BCUT2D eigenvalue weighted by Crippen LogP contribution is 2.33. The lowest BCUT2D eigenvalue weighted by Crippen LogP contribution is -2.02. The third-order valence-electron chi connectivity index (χ3n) is 4.64. The first-order valence-electron chi connectivity index (χ1n) is 8.75. The fourth-order valence-electron chi connectivity index (χ4n) is 3.31. The normalized spacial score (nSPS) is 11.3. The van der Waals surface area contributed by atoms with E-state index in [0.717, 1.165) is 11.6 Å². The summed E-state index contributed by atoms with van der Waals surface area (Å²) in [5, 5.41) is 8.89. The van der Waals surface area contributed by atoms with E-state index in [-0.39, 0.29) is 11.5 Å². The summed E-state index contributed by atoms with van der Waals surface area (Å²) in [6.45, 7) is 0. The maximum atomic E-state index is 14.3.